The van der Waals surface area contributed by atoms with Crippen molar-refractivity contribution in [2.45, 2.75) is 26.4 Å². The first-order chi connectivity index (χ1) is 7.51. The monoisotopic (exact) mass is 230 g/mol. The summed E-state index contributed by atoms with van der Waals surface area (Å²) >= 11 is 0. The van der Waals surface area contributed by atoms with Gasteiger partial charge in [0.25, 0.3) is 0 Å². The summed E-state index contributed by atoms with van der Waals surface area (Å²) in [6.45, 7) is 3.52. The van der Waals surface area contributed by atoms with Gasteiger partial charge in [0.2, 0.25) is 0 Å². The fraction of sp³-hybridized carbons (Fsp3) is 0.364. The van der Waals surface area contributed by atoms with Crippen molar-refractivity contribution >= 4 is 6.16 Å². The molecule has 0 aliphatic carbocycles. The van der Waals surface area contributed by atoms with E-state index in [0.717, 1.165) is 12.1 Å². The summed E-state index contributed by atoms with van der Waals surface area (Å²) in [5, 5.41) is 0. The molecule has 0 spiro atoms. The number of hydrogen-bond acceptors (Lipinski definition) is 3. The molecule has 1 atom stereocenters. The quantitative estimate of drug-likeness (QED) is 0.590. The van der Waals surface area contributed by atoms with Crippen LogP contribution in [0.25, 0.3) is 0 Å². The number of hydrogen-bond donors (Lipinski definition) is 0. The van der Waals surface area contributed by atoms with Crippen molar-refractivity contribution in [1.29, 1.82) is 0 Å². The molecule has 0 amide bonds. The van der Waals surface area contributed by atoms with Crippen molar-refractivity contribution in [3.63, 3.8) is 0 Å². The molecule has 1 rings (SSSR count). The number of carbonyl (C=O) groups is 1. The Morgan fingerprint density at radius 3 is 2.38 bits per heavy atom. The predicted molar refractivity (Wildman–Crippen MR) is 53.2 cm³/mol. The summed E-state index contributed by atoms with van der Waals surface area (Å²) in [4.78, 5) is 11.1. The maximum absolute atomic E-state index is 12.7. The van der Waals surface area contributed by atoms with Crippen LogP contribution in [0.15, 0.2) is 18.2 Å². The van der Waals surface area contributed by atoms with Gasteiger partial charge in [-0.3, -0.25) is 0 Å². The SMILES string of the molecule is CCC(C)OC(=O)Oc1cc(F)cc(F)c1. The zero-order valence-electron chi connectivity index (χ0n) is 9.00. The van der Waals surface area contributed by atoms with Crippen LogP contribution in [0.3, 0.4) is 0 Å². The maximum Gasteiger partial charge on any atom is 0.514 e. The molecule has 0 radical (unpaired) electrons. The van der Waals surface area contributed by atoms with E-state index in [1.807, 2.05) is 6.92 Å². The molecule has 3 nitrogen and oxygen atoms in total. The zero-order valence-corrected chi connectivity index (χ0v) is 9.00. The maximum atomic E-state index is 12.7. The van der Waals surface area contributed by atoms with Crippen molar-refractivity contribution in [1.82, 2.24) is 0 Å². The number of benzene rings is 1. The van der Waals surface area contributed by atoms with Gasteiger partial charge in [-0.2, -0.15) is 0 Å². The van der Waals surface area contributed by atoms with Gasteiger partial charge < -0.3 is 9.47 Å². The summed E-state index contributed by atoms with van der Waals surface area (Å²) in [6.07, 6.45) is -0.641. The molecule has 1 unspecified atom stereocenters. The minimum atomic E-state index is -0.973. The van der Waals surface area contributed by atoms with Crippen LogP contribution in [0, 0.1) is 11.6 Å². The van der Waals surface area contributed by atoms with Crippen LogP contribution in [-0.4, -0.2) is 12.3 Å². The van der Waals surface area contributed by atoms with Crippen LogP contribution in [0.2, 0.25) is 0 Å². The van der Waals surface area contributed by atoms with Gasteiger partial charge in [-0.1, -0.05) is 6.92 Å². The van der Waals surface area contributed by atoms with Crippen LogP contribution in [-0.2, 0) is 4.74 Å². The van der Waals surface area contributed by atoms with E-state index >= 15 is 0 Å². The Labute approximate surface area is 92.0 Å². The predicted octanol–water partition coefficient (Wildman–Crippen LogP) is 3.28. The first kappa shape index (κ1) is 12.4. The molecule has 5 heteroatoms. The molecule has 0 bridgehead atoms. The molecular formula is C11H12F2O3. The topological polar surface area (TPSA) is 35.5 Å². The third-order valence-electron chi connectivity index (χ3n) is 1.91. The molecule has 1 aromatic carbocycles. The molecule has 16 heavy (non-hydrogen) atoms. The molecule has 0 aliphatic heterocycles. The van der Waals surface area contributed by atoms with Crippen LogP contribution in [0.1, 0.15) is 20.3 Å². The van der Waals surface area contributed by atoms with E-state index < -0.39 is 17.8 Å². The van der Waals surface area contributed by atoms with Crippen molar-refractivity contribution in [2.75, 3.05) is 0 Å². The van der Waals surface area contributed by atoms with Gasteiger partial charge in [-0.05, 0) is 13.3 Å². The lowest BCUT2D eigenvalue weighted by Crippen LogP contribution is -2.17. The van der Waals surface area contributed by atoms with E-state index in [9.17, 15) is 13.6 Å². The number of carbonyl (C=O) groups excluding carboxylic acids is 1. The smallest absolute Gasteiger partial charge is 0.431 e. The van der Waals surface area contributed by atoms with E-state index in [-0.39, 0.29) is 11.9 Å². The van der Waals surface area contributed by atoms with E-state index in [4.69, 9.17) is 4.74 Å². The van der Waals surface area contributed by atoms with Gasteiger partial charge in [0.1, 0.15) is 23.5 Å². The molecule has 0 aromatic heterocycles. The van der Waals surface area contributed by atoms with Gasteiger partial charge in [-0.25, -0.2) is 13.6 Å². The minimum Gasteiger partial charge on any atom is -0.431 e. The minimum absolute atomic E-state index is 0.217. The van der Waals surface area contributed by atoms with E-state index in [1.165, 1.54) is 0 Å². The van der Waals surface area contributed by atoms with E-state index in [1.54, 1.807) is 6.92 Å². The highest BCUT2D eigenvalue weighted by molar-refractivity contribution is 5.63. The second-order valence-electron chi connectivity index (χ2n) is 3.29. The lowest BCUT2D eigenvalue weighted by Gasteiger charge is -2.10. The summed E-state index contributed by atoms with van der Waals surface area (Å²) in [7, 11) is 0. The van der Waals surface area contributed by atoms with Gasteiger partial charge >= 0.3 is 6.16 Å². The van der Waals surface area contributed by atoms with Crippen molar-refractivity contribution in [2.24, 2.45) is 0 Å². The van der Waals surface area contributed by atoms with Crippen LogP contribution < -0.4 is 4.74 Å². The summed E-state index contributed by atoms with van der Waals surface area (Å²) in [5.41, 5.74) is 0. The summed E-state index contributed by atoms with van der Waals surface area (Å²) in [5.74, 6) is -1.84. The van der Waals surface area contributed by atoms with Crippen LogP contribution in [0.5, 0.6) is 5.75 Å². The van der Waals surface area contributed by atoms with Gasteiger partial charge in [-0.15, -0.1) is 0 Å². The number of halogens is 2. The van der Waals surface area contributed by atoms with Crippen molar-refractivity contribution in [3.05, 3.63) is 29.8 Å². The first-order valence-electron chi connectivity index (χ1n) is 4.85. The molecule has 1 aromatic rings. The Kier molecular flexibility index (Phi) is 4.22. The van der Waals surface area contributed by atoms with Gasteiger partial charge in [0.05, 0.1) is 0 Å². The standard InChI is InChI=1S/C11H12F2O3/c1-3-7(2)15-11(14)16-10-5-8(12)4-9(13)6-10/h4-7H,3H2,1-2H3. The highest BCUT2D eigenvalue weighted by atomic mass is 19.1. The van der Waals surface area contributed by atoms with Crippen LogP contribution >= 0.6 is 0 Å². The molecule has 0 heterocycles. The summed E-state index contributed by atoms with van der Waals surface area (Å²) in [6, 6.07) is 2.49. The Bertz CT molecular complexity index is 359. The lowest BCUT2D eigenvalue weighted by molar-refractivity contribution is 0.0642. The number of ether oxygens (including phenoxy) is 2. The Hall–Kier alpha value is -1.65. The van der Waals surface area contributed by atoms with Crippen LogP contribution in [0.4, 0.5) is 13.6 Å². The fourth-order valence-corrected chi connectivity index (χ4v) is 0.955. The van der Waals surface area contributed by atoms with Crippen molar-refractivity contribution in [3.8, 4) is 5.75 Å². The Morgan fingerprint density at radius 1 is 1.31 bits per heavy atom. The van der Waals surface area contributed by atoms with E-state index in [0.29, 0.717) is 12.5 Å². The zero-order chi connectivity index (χ0) is 12.1. The average molecular weight is 230 g/mol. The Balaban J connectivity index is 2.62. The molecule has 0 N–H and O–H groups in total. The molecule has 0 aliphatic rings. The van der Waals surface area contributed by atoms with Gasteiger partial charge in [0.15, 0.2) is 0 Å². The first-order valence-corrected chi connectivity index (χ1v) is 4.85. The van der Waals surface area contributed by atoms with Gasteiger partial charge in [0, 0.05) is 18.2 Å². The largest absolute Gasteiger partial charge is 0.514 e. The fourth-order valence-electron chi connectivity index (χ4n) is 0.955. The Morgan fingerprint density at radius 2 is 1.88 bits per heavy atom. The third-order valence-corrected chi connectivity index (χ3v) is 1.91. The normalized spacial score (nSPS) is 12.0. The molecule has 0 saturated heterocycles. The number of rotatable bonds is 3. The highest BCUT2D eigenvalue weighted by Gasteiger charge is 2.11. The molecule has 88 valence electrons. The second kappa shape index (κ2) is 5.44. The lowest BCUT2D eigenvalue weighted by atomic mass is 10.3. The third kappa shape index (κ3) is 3.84. The average Bonchev–Trinajstić information content (AvgIpc) is 2.15. The second-order valence-corrected chi connectivity index (χ2v) is 3.29. The van der Waals surface area contributed by atoms with E-state index in [2.05, 4.69) is 4.74 Å². The van der Waals surface area contributed by atoms with Crippen molar-refractivity contribution < 1.29 is 23.0 Å². The summed E-state index contributed by atoms with van der Waals surface area (Å²) < 4.78 is 34.9. The molecule has 0 fully saturated rings. The highest BCUT2D eigenvalue weighted by Crippen LogP contribution is 2.16. The molecule has 0 saturated carbocycles. The molecular weight excluding hydrogens is 218 g/mol.